The van der Waals surface area contributed by atoms with Gasteiger partial charge in [-0.2, -0.15) is 5.10 Å². The van der Waals surface area contributed by atoms with Gasteiger partial charge in [-0.25, -0.2) is 9.67 Å². The maximum atomic E-state index is 13.7. The van der Waals surface area contributed by atoms with Crippen LogP contribution < -0.4 is 0 Å². The summed E-state index contributed by atoms with van der Waals surface area (Å²) in [6.45, 7) is 5.15. The molecule has 0 aromatic carbocycles. The molecule has 2 atom stereocenters. The van der Waals surface area contributed by atoms with E-state index in [2.05, 4.69) is 29.9 Å². The SMILES string of the molecule is CC(C)n1ncc2c(C(=O)N3CCC[C@H]4CCCC[C@H]43)cc(C3CC3)nc21. The molecular formula is C22H30N4O. The van der Waals surface area contributed by atoms with Crippen molar-refractivity contribution in [3.05, 3.63) is 23.5 Å². The molecule has 5 rings (SSSR count). The fourth-order valence-corrected chi connectivity index (χ4v) is 5.21. The highest BCUT2D eigenvalue weighted by Crippen LogP contribution is 2.41. The van der Waals surface area contributed by atoms with Crippen LogP contribution in [0.2, 0.25) is 0 Å². The quantitative estimate of drug-likeness (QED) is 0.792. The number of carbonyl (C=O) groups excluding carboxylic acids is 1. The molecule has 2 aromatic rings. The number of carbonyl (C=O) groups is 1. The molecule has 2 saturated carbocycles. The van der Waals surface area contributed by atoms with E-state index in [1.807, 2.05) is 10.9 Å². The van der Waals surface area contributed by atoms with E-state index in [0.29, 0.717) is 17.9 Å². The summed E-state index contributed by atoms with van der Waals surface area (Å²) >= 11 is 0. The van der Waals surface area contributed by atoms with Crippen molar-refractivity contribution in [1.29, 1.82) is 0 Å². The van der Waals surface area contributed by atoms with Gasteiger partial charge in [-0.05, 0) is 64.4 Å². The van der Waals surface area contributed by atoms with Crippen molar-refractivity contribution in [3.63, 3.8) is 0 Å². The number of hydrogen-bond donors (Lipinski definition) is 0. The Morgan fingerprint density at radius 1 is 1.11 bits per heavy atom. The first-order valence-corrected chi connectivity index (χ1v) is 10.8. The van der Waals surface area contributed by atoms with Gasteiger partial charge in [-0.1, -0.05) is 12.8 Å². The molecule has 2 aliphatic carbocycles. The summed E-state index contributed by atoms with van der Waals surface area (Å²) in [6, 6.07) is 2.76. The molecule has 3 fully saturated rings. The smallest absolute Gasteiger partial charge is 0.254 e. The Kier molecular flexibility index (Phi) is 4.21. The Bertz CT molecular complexity index is 865. The lowest BCUT2D eigenvalue weighted by Crippen LogP contribution is -2.49. The molecule has 0 unspecified atom stereocenters. The lowest BCUT2D eigenvalue weighted by Gasteiger charge is -2.44. The number of nitrogens with zero attached hydrogens (tertiary/aromatic N) is 4. The average Bonchev–Trinajstić information content (AvgIpc) is 3.45. The first-order valence-electron chi connectivity index (χ1n) is 10.8. The molecule has 0 spiro atoms. The van der Waals surface area contributed by atoms with E-state index in [4.69, 9.17) is 4.98 Å². The highest BCUT2D eigenvalue weighted by Gasteiger charge is 2.37. The first kappa shape index (κ1) is 17.2. The molecule has 0 radical (unpaired) electrons. The molecule has 5 nitrogen and oxygen atoms in total. The monoisotopic (exact) mass is 366 g/mol. The van der Waals surface area contributed by atoms with Crippen LogP contribution in [-0.4, -0.2) is 38.2 Å². The van der Waals surface area contributed by atoms with Crippen molar-refractivity contribution in [2.45, 2.75) is 83.2 Å². The van der Waals surface area contributed by atoms with E-state index >= 15 is 0 Å². The van der Waals surface area contributed by atoms with Gasteiger partial charge in [-0.15, -0.1) is 0 Å². The van der Waals surface area contributed by atoms with Gasteiger partial charge in [0.15, 0.2) is 5.65 Å². The zero-order valence-corrected chi connectivity index (χ0v) is 16.5. The van der Waals surface area contributed by atoms with Gasteiger partial charge < -0.3 is 4.90 Å². The fraction of sp³-hybridized carbons (Fsp3) is 0.682. The van der Waals surface area contributed by atoms with Crippen LogP contribution in [0.1, 0.15) is 93.2 Å². The van der Waals surface area contributed by atoms with Gasteiger partial charge >= 0.3 is 0 Å². The van der Waals surface area contributed by atoms with Gasteiger partial charge in [0.05, 0.1) is 17.1 Å². The highest BCUT2D eigenvalue weighted by atomic mass is 16.2. The van der Waals surface area contributed by atoms with Crippen molar-refractivity contribution in [3.8, 4) is 0 Å². The molecule has 1 saturated heterocycles. The summed E-state index contributed by atoms with van der Waals surface area (Å²) in [5.41, 5.74) is 2.81. The van der Waals surface area contributed by atoms with E-state index in [1.165, 1.54) is 44.9 Å². The Balaban J connectivity index is 1.57. The largest absolute Gasteiger partial charge is 0.335 e. The summed E-state index contributed by atoms with van der Waals surface area (Å²) < 4.78 is 1.97. The van der Waals surface area contributed by atoms with E-state index in [1.54, 1.807) is 0 Å². The van der Waals surface area contributed by atoms with Crippen LogP contribution in [0, 0.1) is 5.92 Å². The molecule has 1 aliphatic heterocycles. The highest BCUT2D eigenvalue weighted by molar-refractivity contribution is 6.05. The van der Waals surface area contributed by atoms with E-state index in [-0.39, 0.29) is 11.9 Å². The zero-order chi connectivity index (χ0) is 18.5. The zero-order valence-electron chi connectivity index (χ0n) is 16.5. The van der Waals surface area contributed by atoms with Crippen LogP contribution in [-0.2, 0) is 0 Å². The molecular weight excluding hydrogens is 336 g/mol. The first-order chi connectivity index (χ1) is 13.1. The molecule has 0 bridgehead atoms. The van der Waals surface area contributed by atoms with Crippen LogP contribution >= 0.6 is 0 Å². The Morgan fingerprint density at radius 3 is 2.67 bits per heavy atom. The van der Waals surface area contributed by atoms with Crippen LogP contribution in [0.4, 0.5) is 0 Å². The fourth-order valence-electron chi connectivity index (χ4n) is 5.21. The van der Waals surface area contributed by atoms with Crippen molar-refractivity contribution < 1.29 is 4.79 Å². The average molecular weight is 367 g/mol. The van der Waals surface area contributed by atoms with E-state index in [9.17, 15) is 4.79 Å². The summed E-state index contributed by atoms with van der Waals surface area (Å²) in [4.78, 5) is 20.8. The summed E-state index contributed by atoms with van der Waals surface area (Å²) in [7, 11) is 0. The summed E-state index contributed by atoms with van der Waals surface area (Å²) in [5.74, 6) is 1.44. The third-order valence-electron chi connectivity index (χ3n) is 6.81. The standard InChI is InChI=1S/C22H30N4O/c1-14(2)26-21-18(13-23-26)17(12-19(24-21)15-9-10-15)22(27)25-11-5-7-16-6-3-4-8-20(16)25/h12-16,20H,3-11H2,1-2H3/t16-,20-/m1/s1. The minimum Gasteiger partial charge on any atom is -0.335 e. The minimum atomic E-state index is 0.212. The number of aromatic nitrogens is 3. The number of likely N-dealkylation sites (tertiary alicyclic amines) is 1. The molecule has 0 N–H and O–H groups in total. The third-order valence-corrected chi connectivity index (χ3v) is 6.81. The predicted octanol–water partition coefficient (Wildman–Crippen LogP) is 4.68. The number of fused-ring (bicyclic) bond motifs is 2. The lowest BCUT2D eigenvalue weighted by molar-refractivity contribution is 0.0392. The number of hydrogen-bond acceptors (Lipinski definition) is 3. The van der Waals surface area contributed by atoms with Gasteiger partial charge in [0.2, 0.25) is 0 Å². The number of rotatable bonds is 3. The molecule has 3 aliphatic rings. The van der Waals surface area contributed by atoms with Crippen molar-refractivity contribution in [2.24, 2.45) is 5.92 Å². The molecule has 27 heavy (non-hydrogen) atoms. The molecule has 1 amide bonds. The molecule has 2 aromatic heterocycles. The lowest BCUT2D eigenvalue weighted by atomic mass is 9.78. The van der Waals surface area contributed by atoms with Gasteiger partial charge in [0.25, 0.3) is 5.91 Å². The minimum absolute atomic E-state index is 0.212. The van der Waals surface area contributed by atoms with Gasteiger partial charge in [0.1, 0.15) is 0 Å². The van der Waals surface area contributed by atoms with Crippen LogP contribution in [0.25, 0.3) is 11.0 Å². The Morgan fingerprint density at radius 2 is 1.89 bits per heavy atom. The third kappa shape index (κ3) is 2.95. The maximum absolute atomic E-state index is 13.7. The normalized spacial score (nSPS) is 25.8. The molecule has 3 heterocycles. The van der Waals surface area contributed by atoms with E-state index < -0.39 is 0 Å². The topological polar surface area (TPSA) is 51.0 Å². The second-order valence-corrected chi connectivity index (χ2v) is 9.04. The molecule has 144 valence electrons. The van der Waals surface area contributed by atoms with Crippen LogP contribution in [0.5, 0.6) is 0 Å². The van der Waals surface area contributed by atoms with Crippen molar-refractivity contribution in [1.82, 2.24) is 19.7 Å². The number of amides is 1. The summed E-state index contributed by atoms with van der Waals surface area (Å²) in [5, 5.41) is 5.50. The Hall–Kier alpha value is -1.91. The summed E-state index contributed by atoms with van der Waals surface area (Å²) in [6.07, 6.45) is 11.7. The Labute approximate surface area is 161 Å². The second kappa shape index (κ2) is 6.61. The number of pyridine rings is 1. The van der Waals surface area contributed by atoms with Crippen LogP contribution in [0.15, 0.2) is 12.3 Å². The van der Waals surface area contributed by atoms with Crippen molar-refractivity contribution >= 4 is 16.9 Å². The van der Waals surface area contributed by atoms with Gasteiger partial charge in [-0.3, -0.25) is 4.79 Å². The van der Waals surface area contributed by atoms with Gasteiger partial charge in [0, 0.05) is 30.2 Å². The number of piperidine rings is 1. The predicted molar refractivity (Wildman–Crippen MR) is 106 cm³/mol. The van der Waals surface area contributed by atoms with E-state index in [0.717, 1.165) is 35.3 Å². The molecule has 5 heteroatoms. The second-order valence-electron chi connectivity index (χ2n) is 9.04. The maximum Gasteiger partial charge on any atom is 0.254 e. The van der Waals surface area contributed by atoms with Crippen LogP contribution in [0.3, 0.4) is 0 Å². The van der Waals surface area contributed by atoms with Crippen molar-refractivity contribution in [2.75, 3.05) is 6.54 Å².